The smallest absolute Gasteiger partial charge is 0.320 e. The van der Waals surface area contributed by atoms with Crippen LogP contribution in [0.15, 0.2) is 34.9 Å². The zero-order valence-corrected chi connectivity index (χ0v) is 68.3. The Morgan fingerprint density at radius 3 is 0.873 bits per heavy atom. The van der Waals surface area contributed by atoms with Crippen molar-refractivity contribution < 1.29 is 28.6 Å². The molecule has 9 saturated carbocycles. The van der Waals surface area contributed by atoms with Crippen LogP contribution in [0.2, 0.25) is 0 Å². The molecule has 102 heavy (non-hydrogen) atoms. The molecule has 0 aromatic rings. The Hall–Kier alpha value is -2.49. The summed E-state index contributed by atoms with van der Waals surface area (Å²) in [6.07, 6.45) is 48.9. The lowest BCUT2D eigenvalue weighted by atomic mass is 9.47. The van der Waals surface area contributed by atoms with Crippen LogP contribution < -0.4 is 0 Å². The molecule has 12 aliphatic carbocycles. The second-order valence-corrected chi connectivity index (χ2v) is 41.8. The zero-order valence-electron chi connectivity index (χ0n) is 68.3. The number of hydrogen-bond donors (Lipinski definition) is 0. The summed E-state index contributed by atoms with van der Waals surface area (Å²) in [6, 6.07) is 0. The molecule has 0 N–H and O–H groups in total. The lowest BCUT2D eigenvalue weighted by Gasteiger charge is -2.58. The molecule has 0 unspecified atom stereocenters. The number of carbonyl (C=O) groups is 3. The monoisotopic (exact) mass is 1410 g/mol. The number of carbonyl (C=O) groups excluding carboxylic acids is 3. The summed E-state index contributed by atoms with van der Waals surface area (Å²) in [5, 5.41) is 0. The third-order valence-corrected chi connectivity index (χ3v) is 34.9. The van der Waals surface area contributed by atoms with Crippen LogP contribution in [0, 0.1) is 139 Å². The first-order valence-electron chi connectivity index (χ1n) is 44.5. The van der Waals surface area contributed by atoms with Crippen LogP contribution in [0.1, 0.15) is 316 Å². The van der Waals surface area contributed by atoms with Gasteiger partial charge in [-0.15, -0.1) is 0 Å². The minimum Gasteiger partial charge on any atom is -0.461 e. The standard InChI is InChI=1S/C93H153N3O6/c1-61(2)19-16-22-64(7)76-31-34-79-73-28-25-67-55-70(37-43-88(67,10)82(73)40-46-91(76,79)13)100-85(97)58-94-49-51-95(59-86(98)101-71-38-44-89(11)68(56-71)26-29-74-80-35-32-77(65(8)23-17-20-62(3)4)92(80,14)47-41-83(74)89)53-54-96(52-50-94)60-87(99)102-72-39-45-90(12)69(57-72)27-30-75-81-36-33-78(66(9)24-18-21-63(5)6)93(81,15)48-42-84(75)90/h25-27,61-66,70-84H,16-24,28-60H2,1-15H3/t64-,65-,66-,70+,71+,72+,73+,74+,75+,76-,77-,78-,79+,80+,81+,82+,83+,84+,88+,89+,90+,91-,92-,93-/m1/s1. The Labute approximate surface area is 624 Å². The van der Waals surface area contributed by atoms with Crippen molar-refractivity contribution in [3.05, 3.63) is 34.9 Å². The lowest BCUT2D eigenvalue weighted by molar-refractivity contribution is -0.154. The normalized spacial score (nSPS) is 42.4. The molecule has 0 spiro atoms. The van der Waals surface area contributed by atoms with Crippen molar-refractivity contribution in [2.75, 3.05) is 58.9 Å². The van der Waals surface area contributed by atoms with Gasteiger partial charge in [-0.2, -0.15) is 0 Å². The largest absolute Gasteiger partial charge is 0.461 e. The van der Waals surface area contributed by atoms with Crippen molar-refractivity contribution >= 4 is 17.9 Å². The van der Waals surface area contributed by atoms with E-state index in [2.05, 4.69) is 137 Å². The van der Waals surface area contributed by atoms with Gasteiger partial charge in [0.15, 0.2) is 0 Å². The summed E-state index contributed by atoms with van der Waals surface area (Å²) in [5.41, 5.74) is 6.69. The van der Waals surface area contributed by atoms with Crippen LogP contribution >= 0.6 is 0 Å². The van der Waals surface area contributed by atoms with Crippen molar-refractivity contribution in [3.8, 4) is 0 Å². The average molecular weight is 1410 g/mol. The minimum atomic E-state index is -0.143. The van der Waals surface area contributed by atoms with Gasteiger partial charge in [-0.1, -0.05) is 197 Å². The average Bonchev–Trinajstić information content (AvgIpc) is 1.42. The molecule has 10 fully saturated rings. The quantitative estimate of drug-likeness (QED) is 0.0533. The van der Waals surface area contributed by atoms with E-state index in [0.29, 0.717) is 55.5 Å². The van der Waals surface area contributed by atoms with Crippen LogP contribution in [0.4, 0.5) is 0 Å². The number of nitrogens with zero attached hydrogens (tertiary/aromatic N) is 3. The second kappa shape index (κ2) is 31.8. The molecule has 0 aromatic carbocycles. The predicted octanol–water partition coefficient (Wildman–Crippen LogP) is 21.8. The van der Waals surface area contributed by atoms with Gasteiger partial charge in [-0.3, -0.25) is 29.1 Å². The van der Waals surface area contributed by atoms with Crippen LogP contribution in [-0.2, 0) is 28.6 Å². The van der Waals surface area contributed by atoms with Crippen LogP contribution in [0.3, 0.4) is 0 Å². The van der Waals surface area contributed by atoms with Gasteiger partial charge in [0, 0.05) is 58.5 Å². The molecule has 576 valence electrons. The van der Waals surface area contributed by atoms with E-state index in [1.54, 1.807) is 16.7 Å². The van der Waals surface area contributed by atoms with Crippen molar-refractivity contribution in [2.45, 2.75) is 334 Å². The summed E-state index contributed by atoms with van der Waals surface area (Å²) in [6.45, 7) is 42.4. The maximum atomic E-state index is 14.5. The lowest BCUT2D eigenvalue weighted by Crippen LogP contribution is -2.51. The topological polar surface area (TPSA) is 88.6 Å². The molecule has 9 heteroatoms. The predicted molar refractivity (Wildman–Crippen MR) is 418 cm³/mol. The van der Waals surface area contributed by atoms with E-state index >= 15 is 0 Å². The first-order chi connectivity index (χ1) is 48.6. The van der Waals surface area contributed by atoms with Crippen LogP contribution in [0.25, 0.3) is 0 Å². The van der Waals surface area contributed by atoms with E-state index in [-0.39, 0.29) is 72.1 Å². The van der Waals surface area contributed by atoms with Crippen molar-refractivity contribution in [1.29, 1.82) is 0 Å². The van der Waals surface area contributed by atoms with Crippen molar-refractivity contribution in [1.82, 2.24) is 14.7 Å². The van der Waals surface area contributed by atoms with Gasteiger partial charge in [-0.25, -0.2) is 0 Å². The fraction of sp³-hybridized carbons (Fsp3) is 0.903. The highest BCUT2D eigenvalue weighted by atomic mass is 16.6. The molecule has 1 saturated heterocycles. The molecule has 0 radical (unpaired) electrons. The SMILES string of the molecule is CC(C)CCC[C@@H](C)[C@H]1CC[C@H]2[C@@H]3CC=C4C[C@@H](OC(=O)CN5CCN(CC(=O)O[C@H]6CC[C@@]7(C)C(=CC[C@H]8[C@@H]9CC[C@H]([C@H](C)CCCC(C)C)[C@@]9(C)CC[C@@H]87)C6)CCN(CC(=O)O[C@H]6CC[C@@]7(C)C(=CC[C@H]8[C@@H]9CC[C@H]([C@H](C)CCCC(C)C)[C@@]9(C)CC[C@@H]87)C6)CC5)CC[C@]4(C)[C@H]3CC[C@]12C. The molecule has 1 aliphatic heterocycles. The van der Waals surface area contributed by atoms with Gasteiger partial charge in [0.25, 0.3) is 0 Å². The maximum absolute atomic E-state index is 14.5. The molecule has 0 bridgehead atoms. The van der Waals surface area contributed by atoms with E-state index in [1.807, 2.05) is 0 Å². The van der Waals surface area contributed by atoms with Crippen molar-refractivity contribution in [2.24, 2.45) is 139 Å². The summed E-state index contributed by atoms with van der Waals surface area (Å²) >= 11 is 0. The van der Waals surface area contributed by atoms with E-state index in [0.717, 1.165) is 164 Å². The number of esters is 3. The third-order valence-electron chi connectivity index (χ3n) is 34.9. The first kappa shape index (κ1) is 77.7. The Morgan fingerprint density at radius 1 is 0.353 bits per heavy atom. The molecule has 9 nitrogen and oxygen atoms in total. The Kier molecular flexibility index (Phi) is 24.2. The molecule has 13 rings (SSSR count). The summed E-state index contributed by atoms with van der Waals surface area (Å²) in [7, 11) is 0. The third kappa shape index (κ3) is 15.7. The van der Waals surface area contributed by atoms with E-state index < -0.39 is 0 Å². The number of rotatable bonds is 24. The molecule has 0 aromatic heterocycles. The Bertz CT molecular complexity index is 2660. The van der Waals surface area contributed by atoms with Crippen LogP contribution in [0.5, 0.6) is 0 Å². The van der Waals surface area contributed by atoms with Gasteiger partial charge < -0.3 is 14.2 Å². The van der Waals surface area contributed by atoms with Crippen LogP contribution in [-0.4, -0.2) is 110 Å². The van der Waals surface area contributed by atoms with Gasteiger partial charge in [0.2, 0.25) is 0 Å². The van der Waals surface area contributed by atoms with Gasteiger partial charge in [0.05, 0.1) is 19.6 Å². The highest BCUT2D eigenvalue weighted by Crippen LogP contribution is 2.71. The Balaban J connectivity index is 0.634. The minimum absolute atomic E-state index is 0.0973. The molecular weight excluding hydrogens is 1260 g/mol. The molecule has 13 aliphatic rings. The zero-order chi connectivity index (χ0) is 72.3. The molecule has 24 atom stereocenters. The van der Waals surface area contributed by atoms with E-state index in [1.165, 1.54) is 154 Å². The summed E-state index contributed by atoms with van der Waals surface area (Å²) < 4.78 is 19.8. The molecular formula is C93H153N3O6. The van der Waals surface area contributed by atoms with Gasteiger partial charge >= 0.3 is 17.9 Å². The fourth-order valence-corrected chi connectivity index (χ4v) is 29.1. The highest BCUT2D eigenvalue weighted by molar-refractivity contribution is 5.73. The number of hydrogen-bond acceptors (Lipinski definition) is 9. The highest BCUT2D eigenvalue weighted by Gasteiger charge is 2.63. The maximum Gasteiger partial charge on any atom is 0.320 e. The van der Waals surface area contributed by atoms with E-state index in [9.17, 15) is 14.4 Å². The number of ether oxygens (including phenoxy) is 3. The summed E-state index contributed by atoms with van der Waals surface area (Å²) in [5.74, 6) is 14.0. The van der Waals surface area contributed by atoms with E-state index in [4.69, 9.17) is 14.2 Å². The molecule has 0 amide bonds. The first-order valence-corrected chi connectivity index (χ1v) is 44.5. The number of fused-ring (bicyclic) bond motifs is 15. The van der Waals surface area contributed by atoms with Crippen molar-refractivity contribution in [3.63, 3.8) is 0 Å². The Morgan fingerprint density at radius 2 is 0.618 bits per heavy atom. The van der Waals surface area contributed by atoms with Gasteiger partial charge in [-0.05, 0) is 274 Å². The number of allylic oxidation sites excluding steroid dienone is 3. The fourth-order valence-electron chi connectivity index (χ4n) is 29.1. The second-order valence-electron chi connectivity index (χ2n) is 41.8. The van der Waals surface area contributed by atoms with Gasteiger partial charge in [0.1, 0.15) is 18.3 Å². The summed E-state index contributed by atoms with van der Waals surface area (Å²) in [4.78, 5) is 50.2. The molecule has 1 heterocycles.